The van der Waals surface area contributed by atoms with Crippen LogP contribution in [0.3, 0.4) is 0 Å². The Morgan fingerprint density at radius 2 is 1.64 bits per heavy atom. The van der Waals surface area contributed by atoms with Crippen LogP contribution < -0.4 is 4.74 Å². The van der Waals surface area contributed by atoms with E-state index in [4.69, 9.17) is 13.9 Å². The van der Waals surface area contributed by atoms with Gasteiger partial charge in [-0.25, -0.2) is 0 Å². The molecular weight excluding hydrogens is 460 g/mol. The molecule has 3 aromatic carbocycles. The van der Waals surface area contributed by atoms with Gasteiger partial charge in [-0.05, 0) is 59.9 Å². The molecule has 1 unspecified atom stereocenters. The van der Waals surface area contributed by atoms with Gasteiger partial charge in [0.05, 0.1) is 6.61 Å². The lowest BCUT2D eigenvalue weighted by Gasteiger charge is -2.40. The maximum absolute atomic E-state index is 10.5. The average Bonchev–Trinajstić information content (AvgIpc) is 3.32. The summed E-state index contributed by atoms with van der Waals surface area (Å²) in [5.41, 5.74) is 4.72. The van der Waals surface area contributed by atoms with Crippen molar-refractivity contribution < 1.29 is 34.3 Å². The van der Waals surface area contributed by atoms with Crippen molar-refractivity contribution in [3.8, 4) is 5.75 Å². The molecule has 188 valence electrons. The molecule has 0 aliphatic carbocycles. The SMILES string of the molecule is Cc1ccc([C@@H]2OC(CO)[C@@H](O)[C@H](O)[C@H]2O)cc1Cc1ccc(OCc2cc3ccccc3o2)cc1. The molecule has 4 aromatic rings. The van der Waals surface area contributed by atoms with Gasteiger partial charge < -0.3 is 34.3 Å². The van der Waals surface area contributed by atoms with Gasteiger partial charge in [-0.3, -0.25) is 0 Å². The van der Waals surface area contributed by atoms with E-state index in [0.29, 0.717) is 18.6 Å². The van der Waals surface area contributed by atoms with Crippen LogP contribution in [-0.2, 0) is 17.8 Å². The van der Waals surface area contributed by atoms with Gasteiger partial charge in [-0.2, -0.15) is 0 Å². The number of fused-ring (bicyclic) bond motifs is 1. The van der Waals surface area contributed by atoms with Gasteiger partial charge in [0.15, 0.2) is 0 Å². The number of rotatable bonds is 7. The van der Waals surface area contributed by atoms with Gasteiger partial charge >= 0.3 is 0 Å². The van der Waals surface area contributed by atoms with Crippen LogP contribution in [0, 0.1) is 6.92 Å². The molecular formula is C29H30O7. The zero-order valence-corrected chi connectivity index (χ0v) is 19.9. The fourth-order valence-corrected chi connectivity index (χ4v) is 4.62. The maximum Gasteiger partial charge on any atom is 0.146 e. The first-order valence-corrected chi connectivity index (χ1v) is 12.0. The molecule has 0 saturated carbocycles. The molecule has 2 heterocycles. The Morgan fingerprint density at radius 3 is 2.39 bits per heavy atom. The minimum Gasteiger partial charge on any atom is -0.486 e. The summed E-state index contributed by atoms with van der Waals surface area (Å²) in [7, 11) is 0. The zero-order valence-electron chi connectivity index (χ0n) is 19.9. The van der Waals surface area contributed by atoms with Crippen LogP contribution in [0.4, 0.5) is 0 Å². The first-order chi connectivity index (χ1) is 17.4. The first-order valence-electron chi connectivity index (χ1n) is 12.0. The number of aliphatic hydroxyl groups is 4. The number of furan rings is 1. The Hall–Kier alpha value is -3.20. The molecule has 0 bridgehead atoms. The van der Waals surface area contributed by atoms with E-state index >= 15 is 0 Å². The Kier molecular flexibility index (Phi) is 7.09. The molecule has 4 N–H and O–H groups in total. The van der Waals surface area contributed by atoms with Crippen molar-refractivity contribution >= 4 is 11.0 Å². The standard InChI is InChI=1S/C29H30O7/c1-17-6-9-20(29-28(33)27(32)26(31)25(15-30)36-29)13-21(17)12-18-7-10-22(11-8-18)34-16-23-14-19-4-2-3-5-24(19)35-23/h2-11,13-14,25-33H,12,15-16H2,1H3/t25?,26-,27+,28-,29+/m1/s1. The highest BCUT2D eigenvalue weighted by atomic mass is 16.5. The second-order valence-corrected chi connectivity index (χ2v) is 9.30. The summed E-state index contributed by atoms with van der Waals surface area (Å²) in [6, 6.07) is 23.4. The lowest BCUT2D eigenvalue weighted by atomic mass is 9.89. The topological polar surface area (TPSA) is 113 Å². The molecule has 1 fully saturated rings. The molecule has 5 atom stereocenters. The Morgan fingerprint density at radius 1 is 0.861 bits per heavy atom. The van der Waals surface area contributed by atoms with Crippen LogP contribution >= 0.6 is 0 Å². The van der Waals surface area contributed by atoms with E-state index in [1.807, 2.05) is 79.7 Å². The molecule has 5 rings (SSSR count). The van der Waals surface area contributed by atoms with E-state index in [0.717, 1.165) is 39.2 Å². The number of para-hydroxylation sites is 1. The van der Waals surface area contributed by atoms with E-state index in [9.17, 15) is 20.4 Å². The van der Waals surface area contributed by atoms with Crippen LogP contribution in [0.5, 0.6) is 5.75 Å². The predicted molar refractivity (Wildman–Crippen MR) is 134 cm³/mol. The highest BCUT2D eigenvalue weighted by molar-refractivity contribution is 5.77. The zero-order chi connectivity index (χ0) is 25.2. The van der Waals surface area contributed by atoms with Gasteiger partial charge in [0.2, 0.25) is 0 Å². The second kappa shape index (κ2) is 10.4. The summed E-state index contributed by atoms with van der Waals surface area (Å²) in [5.74, 6) is 1.51. The highest BCUT2D eigenvalue weighted by Crippen LogP contribution is 2.33. The van der Waals surface area contributed by atoms with E-state index in [2.05, 4.69) is 0 Å². The van der Waals surface area contributed by atoms with E-state index in [1.54, 1.807) is 0 Å². The number of aliphatic hydroxyl groups excluding tert-OH is 4. The number of benzene rings is 3. The average molecular weight is 491 g/mol. The predicted octanol–water partition coefficient (Wildman–Crippen LogP) is 3.43. The van der Waals surface area contributed by atoms with Crippen molar-refractivity contribution in [1.29, 1.82) is 0 Å². The van der Waals surface area contributed by atoms with Crippen molar-refractivity contribution in [2.75, 3.05) is 6.61 Å². The van der Waals surface area contributed by atoms with Crippen molar-refractivity contribution in [1.82, 2.24) is 0 Å². The maximum atomic E-state index is 10.5. The van der Waals surface area contributed by atoms with Crippen LogP contribution in [0.15, 0.2) is 77.2 Å². The van der Waals surface area contributed by atoms with Crippen molar-refractivity contribution in [3.05, 3.63) is 101 Å². The van der Waals surface area contributed by atoms with Crippen molar-refractivity contribution in [2.45, 2.75) is 50.5 Å². The van der Waals surface area contributed by atoms with Gasteiger partial charge in [-0.1, -0.05) is 48.5 Å². The summed E-state index contributed by atoms with van der Waals surface area (Å²) in [4.78, 5) is 0. The third-order valence-electron chi connectivity index (χ3n) is 6.77. The van der Waals surface area contributed by atoms with E-state index in [-0.39, 0.29) is 0 Å². The lowest BCUT2D eigenvalue weighted by molar-refractivity contribution is -0.231. The molecule has 1 aliphatic rings. The van der Waals surface area contributed by atoms with Crippen LogP contribution in [-0.4, -0.2) is 51.4 Å². The van der Waals surface area contributed by atoms with Crippen LogP contribution in [0.2, 0.25) is 0 Å². The van der Waals surface area contributed by atoms with Gasteiger partial charge in [0, 0.05) is 5.39 Å². The summed E-state index contributed by atoms with van der Waals surface area (Å²) in [6.07, 6.45) is -5.22. The monoisotopic (exact) mass is 490 g/mol. The third-order valence-corrected chi connectivity index (χ3v) is 6.77. The van der Waals surface area contributed by atoms with Crippen LogP contribution in [0.1, 0.15) is 34.1 Å². The number of ether oxygens (including phenoxy) is 2. The summed E-state index contributed by atoms with van der Waals surface area (Å²) >= 11 is 0. The largest absolute Gasteiger partial charge is 0.486 e. The molecule has 1 saturated heterocycles. The summed E-state index contributed by atoms with van der Waals surface area (Å²) < 4.78 is 17.4. The minimum absolute atomic E-state index is 0.342. The minimum atomic E-state index is -1.40. The number of hydrogen-bond donors (Lipinski definition) is 4. The number of aryl methyl sites for hydroxylation is 1. The lowest BCUT2D eigenvalue weighted by Crippen LogP contribution is -2.55. The normalized spacial score (nSPS) is 24.2. The third kappa shape index (κ3) is 5.02. The fourth-order valence-electron chi connectivity index (χ4n) is 4.62. The highest BCUT2D eigenvalue weighted by Gasteiger charge is 2.43. The van der Waals surface area contributed by atoms with Crippen molar-refractivity contribution in [3.63, 3.8) is 0 Å². The molecule has 1 aliphatic heterocycles. The Balaban J connectivity index is 1.26. The van der Waals surface area contributed by atoms with E-state index < -0.39 is 37.1 Å². The summed E-state index contributed by atoms with van der Waals surface area (Å²) in [6.45, 7) is 1.90. The molecule has 0 spiro atoms. The quantitative estimate of drug-likeness (QED) is 0.314. The Bertz CT molecular complexity index is 1280. The first kappa shape index (κ1) is 24.5. The van der Waals surface area contributed by atoms with Crippen LogP contribution in [0.25, 0.3) is 11.0 Å². The van der Waals surface area contributed by atoms with E-state index in [1.165, 1.54) is 0 Å². The Labute approximate surface area is 209 Å². The number of hydrogen-bond acceptors (Lipinski definition) is 7. The summed E-state index contributed by atoms with van der Waals surface area (Å²) in [5, 5.41) is 41.3. The molecule has 7 heteroatoms. The fraction of sp³-hybridized carbons (Fsp3) is 0.310. The molecule has 0 radical (unpaired) electrons. The van der Waals surface area contributed by atoms with Gasteiger partial charge in [-0.15, -0.1) is 0 Å². The molecule has 0 amide bonds. The molecule has 1 aromatic heterocycles. The molecule has 7 nitrogen and oxygen atoms in total. The van der Waals surface area contributed by atoms with Gasteiger partial charge in [0.25, 0.3) is 0 Å². The van der Waals surface area contributed by atoms with Crippen molar-refractivity contribution in [2.24, 2.45) is 0 Å². The molecule has 36 heavy (non-hydrogen) atoms. The van der Waals surface area contributed by atoms with Gasteiger partial charge in [0.1, 0.15) is 54.2 Å². The second-order valence-electron chi connectivity index (χ2n) is 9.30. The smallest absolute Gasteiger partial charge is 0.146 e.